The molecule has 1 aliphatic rings. The number of nitrogens with zero attached hydrogens (tertiary/aromatic N) is 3. The average Bonchev–Trinajstić information content (AvgIpc) is 2.43. The Balaban J connectivity index is 2.33. The molecule has 2 rings (SSSR count). The van der Waals surface area contributed by atoms with Gasteiger partial charge in [-0.05, 0) is 6.92 Å². The second-order valence-electron chi connectivity index (χ2n) is 3.53. The summed E-state index contributed by atoms with van der Waals surface area (Å²) in [6.07, 6.45) is 0.503. The van der Waals surface area contributed by atoms with E-state index in [1.54, 1.807) is 11.0 Å². The van der Waals surface area contributed by atoms with E-state index >= 15 is 0 Å². The van der Waals surface area contributed by atoms with Crippen molar-refractivity contribution in [2.75, 3.05) is 17.2 Å². The van der Waals surface area contributed by atoms with Crippen LogP contribution in [0.3, 0.4) is 0 Å². The smallest absolute Gasteiger partial charge is 0.229 e. The van der Waals surface area contributed by atoms with Crippen molar-refractivity contribution >= 4 is 33.6 Å². The van der Waals surface area contributed by atoms with E-state index in [9.17, 15) is 4.79 Å². The number of halogens is 1. The first kappa shape index (κ1) is 10.4. The summed E-state index contributed by atoms with van der Waals surface area (Å²) in [6, 6.07) is 1.76. The molecule has 1 aromatic heterocycles. The molecule has 2 N–H and O–H groups in total. The summed E-state index contributed by atoms with van der Waals surface area (Å²) in [5.74, 6) is 0.858. The Morgan fingerprint density at radius 3 is 2.87 bits per heavy atom. The van der Waals surface area contributed by atoms with Gasteiger partial charge >= 0.3 is 0 Å². The number of anilines is 2. The lowest BCUT2D eigenvalue weighted by molar-refractivity contribution is -0.117. The Morgan fingerprint density at radius 1 is 1.60 bits per heavy atom. The third-order valence-corrected chi connectivity index (χ3v) is 2.83. The monoisotopic (exact) mass is 270 g/mol. The molecule has 0 aromatic carbocycles. The molecule has 0 spiro atoms. The molecule has 1 aliphatic heterocycles. The zero-order valence-electron chi connectivity index (χ0n) is 8.27. The third-order valence-electron chi connectivity index (χ3n) is 2.21. The summed E-state index contributed by atoms with van der Waals surface area (Å²) in [5, 5.41) is 0. The molecule has 1 saturated heterocycles. The average molecular weight is 271 g/mol. The van der Waals surface area contributed by atoms with Crippen LogP contribution < -0.4 is 10.6 Å². The quantitative estimate of drug-likeness (QED) is 0.769. The van der Waals surface area contributed by atoms with Crippen LogP contribution in [0.5, 0.6) is 0 Å². The standard InChI is InChI=1S/C9H11BrN4O/c1-5-2-7(13-9(11)12-5)14-4-6(10)3-8(14)15/h2,6H,3-4H2,1H3,(H2,11,12,13). The van der Waals surface area contributed by atoms with Crippen LogP contribution in [0.4, 0.5) is 11.8 Å². The van der Waals surface area contributed by atoms with Gasteiger partial charge in [0.05, 0.1) is 0 Å². The van der Waals surface area contributed by atoms with Crippen molar-refractivity contribution in [3.8, 4) is 0 Å². The second-order valence-corrected chi connectivity index (χ2v) is 4.83. The Kier molecular flexibility index (Phi) is 2.60. The van der Waals surface area contributed by atoms with Crippen LogP contribution in [0.2, 0.25) is 0 Å². The summed E-state index contributed by atoms with van der Waals surface area (Å²) in [6.45, 7) is 2.46. The number of aromatic nitrogens is 2. The molecule has 1 amide bonds. The molecule has 0 saturated carbocycles. The van der Waals surface area contributed by atoms with Gasteiger partial charge in [0, 0.05) is 29.6 Å². The number of carbonyl (C=O) groups is 1. The molecular weight excluding hydrogens is 260 g/mol. The molecule has 1 aromatic rings. The van der Waals surface area contributed by atoms with Gasteiger partial charge in [0.25, 0.3) is 0 Å². The van der Waals surface area contributed by atoms with Crippen molar-refractivity contribution in [2.24, 2.45) is 0 Å². The number of nitrogens with two attached hydrogens (primary N) is 1. The Morgan fingerprint density at radius 2 is 2.33 bits per heavy atom. The predicted molar refractivity (Wildman–Crippen MR) is 60.9 cm³/mol. The number of carbonyl (C=O) groups excluding carboxylic acids is 1. The molecule has 80 valence electrons. The van der Waals surface area contributed by atoms with E-state index in [-0.39, 0.29) is 16.7 Å². The first-order valence-corrected chi connectivity index (χ1v) is 5.53. The summed E-state index contributed by atoms with van der Waals surface area (Å²) >= 11 is 3.42. The van der Waals surface area contributed by atoms with Gasteiger partial charge in [-0.2, -0.15) is 4.98 Å². The zero-order chi connectivity index (χ0) is 11.0. The lowest BCUT2D eigenvalue weighted by atomic mass is 10.4. The van der Waals surface area contributed by atoms with Gasteiger partial charge in [-0.1, -0.05) is 15.9 Å². The van der Waals surface area contributed by atoms with Crippen LogP contribution in [0, 0.1) is 6.92 Å². The van der Waals surface area contributed by atoms with Crippen LogP contribution in [0.1, 0.15) is 12.1 Å². The van der Waals surface area contributed by atoms with Gasteiger partial charge in [0.1, 0.15) is 5.82 Å². The highest BCUT2D eigenvalue weighted by molar-refractivity contribution is 9.09. The Labute approximate surface area is 95.8 Å². The highest BCUT2D eigenvalue weighted by Gasteiger charge is 2.29. The molecule has 1 unspecified atom stereocenters. The molecular formula is C9H11BrN4O. The number of rotatable bonds is 1. The number of amides is 1. The highest BCUT2D eigenvalue weighted by atomic mass is 79.9. The maximum absolute atomic E-state index is 11.6. The highest BCUT2D eigenvalue weighted by Crippen LogP contribution is 2.24. The van der Waals surface area contributed by atoms with Crippen molar-refractivity contribution in [3.63, 3.8) is 0 Å². The van der Waals surface area contributed by atoms with Crippen molar-refractivity contribution in [1.29, 1.82) is 0 Å². The fraction of sp³-hybridized carbons (Fsp3) is 0.444. The first-order valence-electron chi connectivity index (χ1n) is 4.62. The second kappa shape index (κ2) is 3.77. The Bertz CT molecular complexity index is 389. The zero-order valence-corrected chi connectivity index (χ0v) is 9.86. The van der Waals surface area contributed by atoms with E-state index in [0.29, 0.717) is 18.8 Å². The van der Waals surface area contributed by atoms with E-state index in [1.807, 2.05) is 6.92 Å². The normalized spacial score (nSPS) is 21.1. The van der Waals surface area contributed by atoms with Gasteiger partial charge in [0.2, 0.25) is 11.9 Å². The fourth-order valence-electron chi connectivity index (χ4n) is 1.60. The SMILES string of the molecule is Cc1cc(N2CC(Br)CC2=O)nc(N)n1. The van der Waals surface area contributed by atoms with E-state index in [0.717, 1.165) is 5.69 Å². The van der Waals surface area contributed by atoms with Crippen molar-refractivity contribution in [3.05, 3.63) is 11.8 Å². The molecule has 0 aliphatic carbocycles. The van der Waals surface area contributed by atoms with Crippen molar-refractivity contribution < 1.29 is 4.79 Å². The fourth-order valence-corrected chi connectivity index (χ4v) is 2.16. The first-order chi connectivity index (χ1) is 7.06. The van der Waals surface area contributed by atoms with Crippen LogP contribution in [0.15, 0.2) is 6.07 Å². The minimum atomic E-state index is 0.0642. The van der Waals surface area contributed by atoms with Crippen LogP contribution >= 0.6 is 15.9 Å². The topological polar surface area (TPSA) is 72.1 Å². The number of nitrogen functional groups attached to an aromatic ring is 1. The van der Waals surface area contributed by atoms with Gasteiger partial charge in [-0.15, -0.1) is 0 Å². The lowest BCUT2D eigenvalue weighted by Crippen LogP contribution is -2.26. The summed E-state index contributed by atoms with van der Waals surface area (Å²) in [7, 11) is 0. The molecule has 5 nitrogen and oxygen atoms in total. The number of hydrogen-bond donors (Lipinski definition) is 1. The number of alkyl halides is 1. The largest absolute Gasteiger partial charge is 0.368 e. The summed E-state index contributed by atoms with van der Waals surface area (Å²) in [5.41, 5.74) is 6.30. The minimum absolute atomic E-state index is 0.0642. The molecule has 0 bridgehead atoms. The maximum atomic E-state index is 11.6. The Hall–Kier alpha value is -1.17. The number of aryl methyl sites for hydroxylation is 1. The molecule has 6 heteroatoms. The lowest BCUT2D eigenvalue weighted by Gasteiger charge is -2.15. The predicted octanol–water partition coefficient (Wildman–Crippen LogP) is 0.867. The van der Waals surface area contributed by atoms with Gasteiger partial charge in [-0.25, -0.2) is 4.98 Å². The number of hydrogen-bond acceptors (Lipinski definition) is 4. The van der Waals surface area contributed by atoms with E-state index in [4.69, 9.17) is 5.73 Å². The van der Waals surface area contributed by atoms with Crippen molar-refractivity contribution in [2.45, 2.75) is 18.2 Å². The van der Waals surface area contributed by atoms with E-state index < -0.39 is 0 Å². The van der Waals surface area contributed by atoms with Gasteiger partial charge < -0.3 is 5.73 Å². The summed E-state index contributed by atoms with van der Waals surface area (Å²) in [4.78, 5) is 21.4. The minimum Gasteiger partial charge on any atom is -0.368 e. The van der Waals surface area contributed by atoms with Crippen LogP contribution in [0.25, 0.3) is 0 Å². The van der Waals surface area contributed by atoms with Gasteiger partial charge in [-0.3, -0.25) is 9.69 Å². The van der Waals surface area contributed by atoms with Crippen LogP contribution in [-0.4, -0.2) is 27.2 Å². The van der Waals surface area contributed by atoms with E-state index in [2.05, 4.69) is 25.9 Å². The third kappa shape index (κ3) is 2.09. The molecule has 0 radical (unpaired) electrons. The van der Waals surface area contributed by atoms with E-state index in [1.165, 1.54) is 0 Å². The molecule has 2 heterocycles. The maximum Gasteiger partial charge on any atom is 0.229 e. The van der Waals surface area contributed by atoms with Gasteiger partial charge in [0.15, 0.2) is 0 Å². The molecule has 1 atom stereocenters. The van der Waals surface area contributed by atoms with Crippen LogP contribution in [-0.2, 0) is 4.79 Å². The summed E-state index contributed by atoms with van der Waals surface area (Å²) < 4.78 is 0. The van der Waals surface area contributed by atoms with Crippen molar-refractivity contribution in [1.82, 2.24) is 9.97 Å². The molecule has 15 heavy (non-hydrogen) atoms. The molecule has 1 fully saturated rings.